The predicted octanol–water partition coefficient (Wildman–Crippen LogP) is 4.63. The minimum Gasteiger partial charge on any atom is -0.479 e. The van der Waals surface area contributed by atoms with Crippen LogP contribution >= 0.6 is 0 Å². The van der Waals surface area contributed by atoms with Gasteiger partial charge in [-0.1, -0.05) is 30.8 Å². The van der Waals surface area contributed by atoms with E-state index in [1.807, 2.05) is 55.5 Å². The lowest BCUT2D eigenvalue weighted by molar-refractivity contribution is -0.111. The predicted molar refractivity (Wildman–Crippen MR) is 152 cm³/mol. The van der Waals surface area contributed by atoms with E-state index in [4.69, 9.17) is 14.7 Å². The smallest absolute Gasteiger partial charge is 0.247 e. The van der Waals surface area contributed by atoms with Crippen LogP contribution in [0.5, 0.6) is 5.88 Å². The van der Waals surface area contributed by atoms with Crippen molar-refractivity contribution in [2.24, 2.45) is 0 Å². The van der Waals surface area contributed by atoms with Crippen molar-refractivity contribution in [3.05, 3.63) is 72.9 Å². The van der Waals surface area contributed by atoms with Gasteiger partial charge in [0.2, 0.25) is 17.7 Å². The zero-order chi connectivity index (χ0) is 26.6. The van der Waals surface area contributed by atoms with Crippen molar-refractivity contribution < 1.29 is 9.53 Å². The van der Waals surface area contributed by atoms with Crippen LogP contribution in [-0.4, -0.2) is 66.1 Å². The van der Waals surface area contributed by atoms with E-state index < -0.39 is 0 Å². The lowest BCUT2D eigenvalue weighted by Gasteiger charge is -2.33. The van der Waals surface area contributed by atoms with Crippen LogP contribution in [0.2, 0.25) is 0 Å². The number of anilines is 4. The number of aryl methyl sites for hydroxylation is 1. The van der Waals surface area contributed by atoms with E-state index in [1.54, 1.807) is 13.3 Å². The molecule has 0 unspecified atom stereocenters. The molecule has 5 rings (SSSR count). The van der Waals surface area contributed by atoms with Crippen molar-refractivity contribution in [2.45, 2.75) is 6.92 Å². The molecule has 2 N–H and O–H groups in total. The number of hydrogen-bond donors (Lipinski definition) is 2. The molecule has 194 valence electrons. The Morgan fingerprint density at radius 3 is 2.66 bits per heavy atom. The van der Waals surface area contributed by atoms with Gasteiger partial charge in [-0.15, -0.1) is 0 Å². The number of aromatic nitrogens is 3. The van der Waals surface area contributed by atoms with Gasteiger partial charge in [-0.2, -0.15) is 4.98 Å². The lowest BCUT2D eigenvalue weighted by Crippen LogP contribution is -2.44. The van der Waals surface area contributed by atoms with Crippen LogP contribution in [-0.2, 0) is 4.79 Å². The highest BCUT2D eigenvalue weighted by atomic mass is 16.5. The van der Waals surface area contributed by atoms with Crippen LogP contribution in [0.25, 0.3) is 22.0 Å². The number of benzene rings is 2. The van der Waals surface area contributed by atoms with E-state index in [1.165, 1.54) is 6.08 Å². The van der Waals surface area contributed by atoms with Crippen LogP contribution in [0, 0.1) is 6.92 Å². The molecule has 0 saturated carbocycles. The van der Waals surface area contributed by atoms with E-state index >= 15 is 0 Å². The number of likely N-dealkylation sites (N-methyl/N-ethyl adjacent to an activating group) is 1. The van der Waals surface area contributed by atoms with E-state index in [-0.39, 0.29) is 5.91 Å². The van der Waals surface area contributed by atoms with Crippen LogP contribution in [0.4, 0.5) is 23.1 Å². The van der Waals surface area contributed by atoms with Gasteiger partial charge in [0.25, 0.3) is 0 Å². The standard InChI is InChI=1S/C29H31N7O2/c1-5-25(37)31-22-8-6-7-20(17-22)26-19(2)9-10-21-18-30-29(34-27(21)26)32-23-11-12-24(33-28(23)38-4)36-15-13-35(3)14-16-36/h5-12,17-18H,1,13-16H2,2-4H3,(H,31,37)(H,30,32,34). The molecular weight excluding hydrogens is 478 g/mol. The molecule has 9 nitrogen and oxygen atoms in total. The number of nitrogens with one attached hydrogen (secondary N) is 2. The Hall–Kier alpha value is -4.50. The number of pyridine rings is 1. The molecule has 1 amide bonds. The molecule has 2 aromatic heterocycles. The highest BCUT2D eigenvalue weighted by Gasteiger charge is 2.18. The van der Waals surface area contributed by atoms with E-state index in [9.17, 15) is 4.79 Å². The number of hydrogen-bond acceptors (Lipinski definition) is 8. The maximum Gasteiger partial charge on any atom is 0.247 e. The number of fused-ring (bicyclic) bond motifs is 1. The highest BCUT2D eigenvalue weighted by Crippen LogP contribution is 2.34. The quantitative estimate of drug-likeness (QED) is 0.348. The molecule has 0 bridgehead atoms. The Balaban J connectivity index is 1.48. The molecule has 1 aliphatic rings. The number of methoxy groups -OCH3 is 1. The van der Waals surface area contributed by atoms with Gasteiger partial charge < -0.3 is 25.2 Å². The molecule has 0 spiro atoms. The Morgan fingerprint density at radius 1 is 1.08 bits per heavy atom. The maximum atomic E-state index is 11.8. The summed E-state index contributed by atoms with van der Waals surface area (Å²) in [6, 6.07) is 15.7. The lowest BCUT2D eigenvalue weighted by atomic mass is 9.97. The highest BCUT2D eigenvalue weighted by molar-refractivity contribution is 6.00. The van der Waals surface area contributed by atoms with Gasteiger partial charge in [-0.05, 0) is 55.4 Å². The van der Waals surface area contributed by atoms with Crippen LogP contribution in [0.3, 0.4) is 0 Å². The minimum atomic E-state index is -0.258. The molecule has 9 heteroatoms. The zero-order valence-electron chi connectivity index (χ0n) is 21.9. The van der Waals surface area contributed by atoms with Gasteiger partial charge in [0.15, 0.2) is 0 Å². The summed E-state index contributed by atoms with van der Waals surface area (Å²) < 4.78 is 5.62. The third kappa shape index (κ3) is 5.28. The number of nitrogens with zero attached hydrogens (tertiary/aromatic N) is 5. The number of piperazine rings is 1. The SMILES string of the molecule is C=CC(=O)Nc1cccc(-c2c(C)ccc3cnc(Nc4ccc(N5CCN(C)CC5)nc4OC)nc23)c1. The fourth-order valence-electron chi connectivity index (χ4n) is 4.58. The Labute approximate surface area is 222 Å². The topological polar surface area (TPSA) is 95.5 Å². The van der Waals surface area contributed by atoms with Crippen LogP contribution in [0.15, 0.2) is 67.4 Å². The molecule has 1 fully saturated rings. The second kappa shape index (κ2) is 10.9. The first-order valence-electron chi connectivity index (χ1n) is 12.5. The molecule has 0 aliphatic carbocycles. The normalized spacial score (nSPS) is 13.8. The second-order valence-corrected chi connectivity index (χ2v) is 9.30. The third-order valence-electron chi connectivity index (χ3n) is 6.68. The van der Waals surface area contributed by atoms with E-state index in [0.29, 0.717) is 23.2 Å². The first-order chi connectivity index (χ1) is 18.4. The van der Waals surface area contributed by atoms with Crippen molar-refractivity contribution >= 4 is 40.0 Å². The average molecular weight is 510 g/mol. The number of carbonyl (C=O) groups excluding carboxylic acids is 1. The van der Waals surface area contributed by atoms with Gasteiger partial charge in [0.1, 0.15) is 11.5 Å². The number of ether oxygens (including phenoxy) is 1. The van der Waals surface area contributed by atoms with Gasteiger partial charge in [0.05, 0.1) is 12.6 Å². The monoisotopic (exact) mass is 509 g/mol. The summed E-state index contributed by atoms with van der Waals surface area (Å²) in [5.74, 6) is 1.56. The van der Waals surface area contributed by atoms with Crippen molar-refractivity contribution in [3.63, 3.8) is 0 Å². The molecule has 0 atom stereocenters. The summed E-state index contributed by atoms with van der Waals surface area (Å²) in [5.41, 5.74) is 5.15. The molecule has 0 radical (unpaired) electrons. The molecule has 4 aromatic rings. The minimum absolute atomic E-state index is 0.258. The summed E-state index contributed by atoms with van der Waals surface area (Å²) in [7, 11) is 3.74. The van der Waals surface area contributed by atoms with Crippen molar-refractivity contribution in [1.29, 1.82) is 0 Å². The number of amides is 1. The Bertz CT molecular complexity index is 1500. The molecule has 1 saturated heterocycles. The van der Waals surface area contributed by atoms with Crippen molar-refractivity contribution in [2.75, 3.05) is 55.9 Å². The van der Waals surface area contributed by atoms with Gasteiger partial charge in [-0.25, -0.2) is 9.97 Å². The molecule has 3 heterocycles. The average Bonchev–Trinajstić information content (AvgIpc) is 2.93. The summed E-state index contributed by atoms with van der Waals surface area (Å²) in [6.07, 6.45) is 3.05. The molecular formula is C29H31N7O2. The van der Waals surface area contributed by atoms with Gasteiger partial charge in [-0.3, -0.25) is 4.79 Å². The van der Waals surface area contributed by atoms with Crippen LogP contribution in [0.1, 0.15) is 5.56 Å². The number of carbonyl (C=O) groups is 1. The zero-order valence-corrected chi connectivity index (χ0v) is 21.9. The van der Waals surface area contributed by atoms with Crippen LogP contribution < -0.4 is 20.3 Å². The fraction of sp³-hybridized carbons (Fsp3) is 0.241. The first kappa shape index (κ1) is 25.2. The van der Waals surface area contributed by atoms with Crippen molar-refractivity contribution in [3.8, 4) is 17.0 Å². The first-order valence-corrected chi connectivity index (χ1v) is 12.5. The summed E-state index contributed by atoms with van der Waals surface area (Å²) in [5, 5.41) is 7.03. The summed E-state index contributed by atoms with van der Waals surface area (Å²) >= 11 is 0. The largest absolute Gasteiger partial charge is 0.479 e. The van der Waals surface area contributed by atoms with E-state index in [0.717, 1.165) is 59.6 Å². The molecule has 2 aromatic carbocycles. The molecule has 38 heavy (non-hydrogen) atoms. The maximum absolute atomic E-state index is 11.8. The van der Waals surface area contributed by atoms with Gasteiger partial charge >= 0.3 is 0 Å². The van der Waals surface area contributed by atoms with E-state index in [2.05, 4.69) is 39.0 Å². The summed E-state index contributed by atoms with van der Waals surface area (Å²) in [4.78, 5) is 30.6. The third-order valence-corrected chi connectivity index (χ3v) is 6.68. The summed E-state index contributed by atoms with van der Waals surface area (Å²) in [6.45, 7) is 9.42. The molecule has 1 aliphatic heterocycles. The fourth-order valence-corrected chi connectivity index (χ4v) is 4.58. The Morgan fingerprint density at radius 2 is 1.89 bits per heavy atom. The van der Waals surface area contributed by atoms with Gasteiger partial charge in [0, 0.05) is 49.0 Å². The number of rotatable bonds is 7. The second-order valence-electron chi connectivity index (χ2n) is 9.30. The Kier molecular flexibility index (Phi) is 7.19. The van der Waals surface area contributed by atoms with Crippen molar-refractivity contribution in [1.82, 2.24) is 19.9 Å².